The van der Waals surface area contributed by atoms with E-state index in [9.17, 15) is 0 Å². The van der Waals surface area contributed by atoms with E-state index in [1.165, 1.54) is 0 Å². The number of morpholine rings is 1. The predicted octanol–water partition coefficient (Wildman–Crippen LogP) is 2.95. The number of nitrogens with zero attached hydrogens (tertiary/aromatic N) is 3. The zero-order chi connectivity index (χ0) is 14.9. The SMILES string of the molecule is CC(C)(C)c1nccc(N2CCOC(c3ccco3)C2)n1. The molecule has 0 aromatic carbocycles. The van der Waals surface area contributed by atoms with Crippen LogP contribution in [0.2, 0.25) is 0 Å². The van der Waals surface area contributed by atoms with Crippen LogP contribution in [-0.2, 0) is 10.2 Å². The first-order valence-electron chi connectivity index (χ1n) is 7.27. The fraction of sp³-hybridized carbons (Fsp3) is 0.500. The summed E-state index contributed by atoms with van der Waals surface area (Å²) in [5, 5.41) is 0. The molecule has 0 N–H and O–H groups in total. The van der Waals surface area contributed by atoms with Crippen LogP contribution in [0.15, 0.2) is 35.1 Å². The van der Waals surface area contributed by atoms with Crippen LogP contribution in [0.3, 0.4) is 0 Å². The number of hydrogen-bond donors (Lipinski definition) is 0. The second-order valence-electron chi connectivity index (χ2n) is 6.31. The molecule has 3 heterocycles. The van der Waals surface area contributed by atoms with Gasteiger partial charge >= 0.3 is 0 Å². The molecular weight excluding hydrogens is 266 g/mol. The quantitative estimate of drug-likeness (QED) is 0.850. The summed E-state index contributed by atoms with van der Waals surface area (Å²) in [6, 6.07) is 5.80. The Morgan fingerprint density at radius 3 is 2.86 bits per heavy atom. The van der Waals surface area contributed by atoms with Gasteiger partial charge in [0.2, 0.25) is 0 Å². The molecule has 0 radical (unpaired) electrons. The Morgan fingerprint density at radius 1 is 1.29 bits per heavy atom. The molecule has 112 valence electrons. The highest BCUT2D eigenvalue weighted by Crippen LogP contribution is 2.26. The second kappa shape index (κ2) is 5.48. The van der Waals surface area contributed by atoms with Crippen molar-refractivity contribution in [2.75, 3.05) is 24.6 Å². The third-order valence-electron chi connectivity index (χ3n) is 3.56. The summed E-state index contributed by atoms with van der Waals surface area (Å²) in [6.45, 7) is 8.61. The first kappa shape index (κ1) is 14.1. The summed E-state index contributed by atoms with van der Waals surface area (Å²) in [5.41, 5.74) is -0.0529. The smallest absolute Gasteiger partial charge is 0.135 e. The summed E-state index contributed by atoms with van der Waals surface area (Å²) < 4.78 is 11.2. The third kappa shape index (κ3) is 3.08. The molecule has 0 aliphatic carbocycles. The van der Waals surface area contributed by atoms with E-state index in [-0.39, 0.29) is 11.5 Å². The van der Waals surface area contributed by atoms with E-state index in [1.54, 1.807) is 6.26 Å². The molecule has 0 amide bonds. The Balaban J connectivity index is 1.80. The summed E-state index contributed by atoms with van der Waals surface area (Å²) >= 11 is 0. The van der Waals surface area contributed by atoms with Crippen molar-refractivity contribution < 1.29 is 9.15 Å². The summed E-state index contributed by atoms with van der Waals surface area (Å²) in [7, 11) is 0. The van der Waals surface area contributed by atoms with Crippen LogP contribution >= 0.6 is 0 Å². The largest absolute Gasteiger partial charge is 0.467 e. The van der Waals surface area contributed by atoms with Gasteiger partial charge in [0.15, 0.2) is 0 Å². The summed E-state index contributed by atoms with van der Waals surface area (Å²) in [6.07, 6.45) is 3.47. The van der Waals surface area contributed by atoms with Gasteiger partial charge in [-0.15, -0.1) is 0 Å². The number of ether oxygens (including phenoxy) is 1. The summed E-state index contributed by atoms with van der Waals surface area (Å²) in [4.78, 5) is 11.3. The number of anilines is 1. The number of rotatable bonds is 2. The van der Waals surface area contributed by atoms with Crippen molar-refractivity contribution in [1.29, 1.82) is 0 Å². The zero-order valence-corrected chi connectivity index (χ0v) is 12.7. The van der Waals surface area contributed by atoms with Crippen LogP contribution in [0.25, 0.3) is 0 Å². The minimum atomic E-state index is -0.0529. The van der Waals surface area contributed by atoms with E-state index in [4.69, 9.17) is 14.1 Å². The first-order chi connectivity index (χ1) is 10.0. The molecule has 1 atom stereocenters. The molecule has 1 fully saturated rings. The summed E-state index contributed by atoms with van der Waals surface area (Å²) in [5.74, 6) is 2.68. The molecule has 3 rings (SSSR count). The highest BCUT2D eigenvalue weighted by molar-refractivity contribution is 5.39. The van der Waals surface area contributed by atoms with Crippen molar-refractivity contribution in [2.24, 2.45) is 0 Å². The Morgan fingerprint density at radius 2 is 2.14 bits per heavy atom. The second-order valence-corrected chi connectivity index (χ2v) is 6.31. The van der Waals surface area contributed by atoms with Crippen LogP contribution in [0.4, 0.5) is 5.82 Å². The van der Waals surface area contributed by atoms with Gasteiger partial charge in [-0.25, -0.2) is 9.97 Å². The van der Waals surface area contributed by atoms with Crippen molar-refractivity contribution in [3.05, 3.63) is 42.2 Å². The minimum Gasteiger partial charge on any atom is -0.467 e. The average Bonchev–Trinajstić information content (AvgIpc) is 3.01. The van der Waals surface area contributed by atoms with Gasteiger partial charge in [-0.1, -0.05) is 20.8 Å². The van der Waals surface area contributed by atoms with Gasteiger partial charge in [-0.2, -0.15) is 0 Å². The van der Waals surface area contributed by atoms with E-state index in [1.807, 2.05) is 24.4 Å². The minimum absolute atomic E-state index is 0.0400. The molecule has 1 saturated heterocycles. The van der Waals surface area contributed by atoms with Crippen LogP contribution in [0, 0.1) is 0 Å². The van der Waals surface area contributed by atoms with Gasteiger partial charge < -0.3 is 14.1 Å². The molecule has 2 aromatic heterocycles. The molecule has 21 heavy (non-hydrogen) atoms. The van der Waals surface area contributed by atoms with Gasteiger partial charge in [-0.3, -0.25) is 0 Å². The molecule has 5 nitrogen and oxygen atoms in total. The van der Waals surface area contributed by atoms with E-state index in [0.717, 1.165) is 30.5 Å². The Bertz CT molecular complexity index is 590. The highest BCUT2D eigenvalue weighted by Gasteiger charge is 2.26. The average molecular weight is 287 g/mol. The van der Waals surface area contributed by atoms with Crippen molar-refractivity contribution in [3.8, 4) is 0 Å². The van der Waals surface area contributed by atoms with Crippen LogP contribution in [0.1, 0.15) is 38.5 Å². The van der Waals surface area contributed by atoms with E-state index >= 15 is 0 Å². The molecule has 1 unspecified atom stereocenters. The van der Waals surface area contributed by atoms with E-state index in [2.05, 4.69) is 30.7 Å². The van der Waals surface area contributed by atoms with Gasteiger partial charge in [0.05, 0.1) is 19.4 Å². The molecule has 1 aliphatic heterocycles. The molecule has 0 spiro atoms. The monoisotopic (exact) mass is 287 g/mol. The normalized spacial score (nSPS) is 19.8. The molecule has 5 heteroatoms. The van der Waals surface area contributed by atoms with Gasteiger partial charge in [0.1, 0.15) is 23.5 Å². The molecule has 1 aliphatic rings. The fourth-order valence-electron chi connectivity index (χ4n) is 2.39. The lowest BCUT2D eigenvalue weighted by atomic mass is 9.96. The lowest BCUT2D eigenvalue weighted by molar-refractivity contribution is 0.0255. The molecule has 0 saturated carbocycles. The highest BCUT2D eigenvalue weighted by atomic mass is 16.5. The lowest BCUT2D eigenvalue weighted by Crippen LogP contribution is -2.39. The lowest BCUT2D eigenvalue weighted by Gasteiger charge is -2.33. The van der Waals surface area contributed by atoms with Crippen molar-refractivity contribution in [2.45, 2.75) is 32.3 Å². The van der Waals surface area contributed by atoms with Gasteiger partial charge in [0.25, 0.3) is 0 Å². The van der Waals surface area contributed by atoms with Crippen LogP contribution in [0.5, 0.6) is 0 Å². The Hall–Kier alpha value is -1.88. The number of furan rings is 1. The van der Waals surface area contributed by atoms with Crippen molar-refractivity contribution in [3.63, 3.8) is 0 Å². The molecule has 0 bridgehead atoms. The topological polar surface area (TPSA) is 51.4 Å². The maximum Gasteiger partial charge on any atom is 0.135 e. The van der Waals surface area contributed by atoms with E-state index in [0.29, 0.717) is 6.61 Å². The van der Waals surface area contributed by atoms with Crippen molar-refractivity contribution in [1.82, 2.24) is 9.97 Å². The maximum atomic E-state index is 5.79. The Labute approximate surface area is 125 Å². The number of aromatic nitrogens is 2. The zero-order valence-electron chi connectivity index (χ0n) is 12.7. The fourth-order valence-corrected chi connectivity index (χ4v) is 2.39. The van der Waals surface area contributed by atoms with Crippen molar-refractivity contribution >= 4 is 5.82 Å². The van der Waals surface area contributed by atoms with Crippen LogP contribution in [-0.4, -0.2) is 29.7 Å². The van der Waals surface area contributed by atoms with Gasteiger partial charge in [0, 0.05) is 18.2 Å². The Kier molecular flexibility index (Phi) is 3.68. The standard InChI is InChI=1S/C16H21N3O2/c1-16(2,3)15-17-7-6-14(18-15)19-8-10-21-13(11-19)12-5-4-9-20-12/h4-7,9,13H,8,10-11H2,1-3H3. The maximum absolute atomic E-state index is 5.79. The molecular formula is C16H21N3O2. The third-order valence-corrected chi connectivity index (χ3v) is 3.56. The molecule has 2 aromatic rings. The first-order valence-corrected chi connectivity index (χ1v) is 7.27. The van der Waals surface area contributed by atoms with Gasteiger partial charge in [-0.05, 0) is 18.2 Å². The predicted molar refractivity (Wildman–Crippen MR) is 80.3 cm³/mol. The van der Waals surface area contributed by atoms with Crippen LogP contribution < -0.4 is 4.90 Å². The van der Waals surface area contributed by atoms with E-state index < -0.39 is 0 Å². The number of hydrogen-bond acceptors (Lipinski definition) is 5.